The molecule has 1 heterocycles. The largest absolute Gasteiger partial charge is 0.289 e. The molecule has 1 nitrogen and oxygen atoms in total. The van der Waals surface area contributed by atoms with Gasteiger partial charge in [-0.15, -0.1) is 0 Å². The van der Waals surface area contributed by atoms with E-state index in [1.54, 1.807) is 0 Å². The fourth-order valence-corrected chi connectivity index (χ4v) is 2.49. The van der Waals surface area contributed by atoms with Crippen molar-refractivity contribution in [2.24, 2.45) is 0 Å². The average molecular weight is 233 g/mol. The summed E-state index contributed by atoms with van der Waals surface area (Å²) < 4.78 is 0. The van der Waals surface area contributed by atoms with Crippen molar-refractivity contribution in [3.8, 4) is 0 Å². The Kier molecular flexibility index (Phi) is 5.20. The quantitative estimate of drug-likeness (QED) is 0.683. The Morgan fingerprint density at radius 3 is 2.24 bits per heavy atom. The van der Waals surface area contributed by atoms with Crippen LogP contribution in [0.25, 0.3) is 0 Å². The van der Waals surface area contributed by atoms with Gasteiger partial charge in [0.1, 0.15) is 0 Å². The van der Waals surface area contributed by atoms with Gasteiger partial charge in [0.15, 0.2) is 0 Å². The molecule has 1 aliphatic rings. The van der Waals surface area contributed by atoms with Crippen LogP contribution in [0.1, 0.15) is 47.0 Å². The smallest absolute Gasteiger partial charge is 0.0245 e. The summed E-state index contributed by atoms with van der Waals surface area (Å²) in [5.74, 6) is 0. The number of hydrogen-bond acceptors (Lipinski definition) is 1. The van der Waals surface area contributed by atoms with Gasteiger partial charge in [-0.05, 0) is 37.3 Å². The summed E-state index contributed by atoms with van der Waals surface area (Å²) >= 11 is 0. The molecule has 0 aromatic heterocycles. The second-order valence-electron chi connectivity index (χ2n) is 5.13. The molecule has 1 fully saturated rings. The molecule has 17 heavy (non-hydrogen) atoms. The third kappa shape index (κ3) is 3.10. The van der Waals surface area contributed by atoms with Crippen LogP contribution in [0.3, 0.4) is 0 Å². The van der Waals surface area contributed by atoms with Crippen LogP contribution in [-0.4, -0.2) is 23.5 Å². The first-order valence-electron chi connectivity index (χ1n) is 6.87. The van der Waals surface area contributed by atoms with Crippen LogP contribution in [0.4, 0.5) is 0 Å². The third-order valence-corrected chi connectivity index (χ3v) is 4.19. The van der Waals surface area contributed by atoms with Gasteiger partial charge >= 0.3 is 0 Å². The van der Waals surface area contributed by atoms with Crippen molar-refractivity contribution in [2.45, 2.75) is 52.5 Å². The van der Waals surface area contributed by atoms with Gasteiger partial charge in [0.05, 0.1) is 0 Å². The molecule has 1 rings (SSSR count). The van der Waals surface area contributed by atoms with Crippen molar-refractivity contribution in [1.29, 1.82) is 0 Å². The molecule has 1 saturated heterocycles. The van der Waals surface area contributed by atoms with E-state index in [-0.39, 0.29) is 0 Å². The van der Waals surface area contributed by atoms with Gasteiger partial charge in [0.25, 0.3) is 0 Å². The molecule has 0 aliphatic carbocycles. The van der Waals surface area contributed by atoms with Gasteiger partial charge in [-0.2, -0.15) is 0 Å². The zero-order chi connectivity index (χ0) is 12.9. The first kappa shape index (κ1) is 14.2. The van der Waals surface area contributed by atoms with E-state index in [9.17, 15) is 0 Å². The fourth-order valence-electron chi connectivity index (χ4n) is 2.49. The minimum Gasteiger partial charge on any atom is -0.289 e. The van der Waals surface area contributed by atoms with Gasteiger partial charge in [-0.1, -0.05) is 45.6 Å². The van der Waals surface area contributed by atoms with Crippen LogP contribution in [-0.2, 0) is 0 Å². The number of likely N-dealkylation sites (tertiary alicyclic amines) is 1. The molecule has 96 valence electrons. The van der Waals surface area contributed by atoms with E-state index in [1.165, 1.54) is 24.0 Å². The Hall–Kier alpha value is -0.820. The van der Waals surface area contributed by atoms with E-state index in [0.717, 1.165) is 19.5 Å². The Morgan fingerprint density at radius 2 is 1.76 bits per heavy atom. The Bertz CT molecular complexity index is 318. The molecule has 0 aromatic rings. The summed E-state index contributed by atoms with van der Waals surface area (Å²) in [4.78, 5) is 2.61. The molecule has 0 atom stereocenters. The Labute approximate surface area is 107 Å². The van der Waals surface area contributed by atoms with Crippen LogP contribution in [0.5, 0.6) is 0 Å². The Balaban J connectivity index is 2.93. The van der Waals surface area contributed by atoms with Crippen molar-refractivity contribution in [3.05, 3.63) is 36.0 Å². The molecular weight excluding hydrogens is 206 g/mol. The lowest BCUT2D eigenvalue weighted by Gasteiger charge is -2.37. The molecule has 0 unspecified atom stereocenters. The van der Waals surface area contributed by atoms with Gasteiger partial charge in [-0.3, -0.25) is 4.90 Å². The average Bonchev–Trinajstić information content (AvgIpc) is 2.73. The summed E-state index contributed by atoms with van der Waals surface area (Å²) in [6, 6.07) is 0. The molecule has 0 bridgehead atoms. The number of hydrogen-bond donors (Lipinski definition) is 0. The van der Waals surface area contributed by atoms with E-state index in [0.29, 0.717) is 5.54 Å². The summed E-state index contributed by atoms with van der Waals surface area (Å²) in [5.41, 5.74) is 3.29. The second kappa shape index (κ2) is 6.20. The highest BCUT2D eigenvalue weighted by Gasteiger charge is 2.33. The molecule has 1 aliphatic heterocycles. The zero-order valence-electron chi connectivity index (χ0n) is 11.9. The molecule has 1 heteroatoms. The lowest BCUT2D eigenvalue weighted by atomic mass is 9.93. The zero-order valence-corrected chi connectivity index (χ0v) is 11.9. The lowest BCUT2D eigenvalue weighted by molar-refractivity contribution is 0.133. The number of rotatable bonds is 5. The third-order valence-electron chi connectivity index (χ3n) is 4.19. The van der Waals surface area contributed by atoms with Crippen LogP contribution in [0.15, 0.2) is 36.0 Å². The highest BCUT2D eigenvalue weighted by molar-refractivity contribution is 5.40. The highest BCUT2D eigenvalue weighted by atomic mass is 15.2. The predicted molar refractivity (Wildman–Crippen MR) is 77.2 cm³/mol. The van der Waals surface area contributed by atoms with Crippen molar-refractivity contribution in [2.75, 3.05) is 13.1 Å². The van der Waals surface area contributed by atoms with E-state index in [2.05, 4.69) is 51.3 Å². The van der Waals surface area contributed by atoms with Gasteiger partial charge in [0, 0.05) is 18.6 Å². The molecule has 0 spiro atoms. The lowest BCUT2D eigenvalue weighted by Crippen LogP contribution is -2.43. The maximum atomic E-state index is 3.82. The van der Waals surface area contributed by atoms with Crippen LogP contribution in [0.2, 0.25) is 0 Å². The van der Waals surface area contributed by atoms with Gasteiger partial charge in [-0.25, -0.2) is 0 Å². The molecule has 0 saturated carbocycles. The maximum absolute atomic E-state index is 3.82. The van der Waals surface area contributed by atoms with Crippen LogP contribution < -0.4 is 0 Å². The minimum atomic E-state index is 0.337. The normalized spacial score (nSPS) is 22.6. The first-order chi connectivity index (χ1) is 8.11. The van der Waals surface area contributed by atoms with Crippen molar-refractivity contribution < 1.29 is 0 Å². The monoisotopic (exact) mass is 233 g/mol. The van der Waals surface area contributed by atoms with E-state index >= 15 is 0 Å². The topological polar surface area (TPSA) is 3.24 Å². The van der Waals surface area contributed by atoms with Crippen molar-refractivity contribution in [3.63, 3.8) is 0 Å². The standard InChI is InChI=1S/C16H27N/c1-6-10-14-12-17(13-15(14)11-7-2)16(5,8-3)9-4/h6,10-11H,1,7-9,12-13H2,2-5H3/b14-10-,15-11-. The Morgan fingerprint density at radius 1 is 1.18 bits per heavy atom. The maximum Gasteiger partial charge on any atom is 0.0245 e. The molecule has 0 radical (unpaired) electrons. The number of allylic oxidation sites excluding steroid dienone is 3. The van der Waals surface area contributed by atoms with Crippen molar-refractivity contribution >= 4 is 0 Å². The van der Waals surface area contributed by atoms with Crippen LogP contribution >= 0.6 is 0 Å². The molecule has 0 amide bonds. The van der Waals surface area contributed by atoms with E-state index in [4.69, 9.17) is 0 Å². The van der Waals surface area contributed by atoms with E-state index < -0.39 is 0 Å². The minimum absolute atomic E-state index is 0.337. The van der Waals surface area contributed by atoms with Crippen molar-refractivity contribution in [1.82, 2.24) is 4.90 Å². The number of nitrogens with zero attached hydrogens (tertiary/aromatic N) is 1. The molecular formula is C16H27N. The fraction of sp³-hybridized carbons (Fsp3) is 0.625. The summed E-state index contributed by atoms with van der Waals surface area (Å²) in [6.45, 7) is 15.2. The van der Waals surface area contributed by atoms with E-state index in [1.807, 2.05) is 6.08 Å². The van der Waals surface area contributed by atoms with Gasteiger partial charge < -0.3 is 0 Å². The van der Waals surface area contributed by atoms with Gasteiger partial charge in [0.2, 0.25) is 0 Å². The summed E-state index contributed by atoms with van der Waals surface area (Å²) in [7, 11) is 0. The summed E-state index contributed by atoms with van der Waals surface area (Å²) in [6.07, 6.45) is 9.99. The first-order valence-corrected chi connectivity index (χ1v) is 6.87. The van der Waals surface area contributed by atoms with Crippen LogP contribution in [0, 0.1) is 0 Å². The second-order valence-corrected chi connectivity index (χ2v) is 5.13. The molecule has 0 aromatic carbocycles. The predicted octanol–water partition coefficient (Wildman–Crippen LogP) is 4.33. The highest BCUT2D eigenvalue weighted by Crippen LogP contribution is 2.32. The SMILES string of the molecule is C=C/C=C1/CN(C(C)(CC)CC)C/C1=C/CC. The summed E-state index contributed by atoms with van der Waals surface area (Å²) in [5, 5.41) is 0. The molecule has 0 N–H and O–H groups in total.